The monoisotopic (exact) mass is 228 g/mol. The SMILES string of the molecule is CC(O)CCN(C)C(=O)NC(C)C1CCC1. The van der Waals surface area contributed by atoms with Crippen LogP contribution in [-0.2, 0) is 0 Å². The zero-order chi connectivity index (χ0) is 12.1. The molecular formula is C12H24N2O2. The lowest BCUT2D eigenvalue weighted by molar-refractivity contribution is 0.158. The number of nitrogens with zero attached hydrogens (tertiary/aromatic N) is 1. The van der Waals surface area contributed by atoms with Gasteiger partial charge in [0.2, 0.25) is 0 Å². The van der Waals surface area contributed by atoms with Gasteiger partial charge in [0, 0.05) is 19.6 Å². The van der Waals surface area contributed by atoms with Gasteiger partial charge in [-0.15, -0.1) is 0 Å². The molecule has 94 valence electrons. The van der Waals surface area contributed by atoms with Gasteiger partial charge in [0.1, 0.15) is 0 Å². The third-order valence-electron chi connectivity index (χ3n) is 3.44. The lowest BCUT2D eigenvalue weighted by atomic mass is 9.80. The number of carbonyl (C=O) groups excluding carboxylic acids is 1. The predicted molar refractivity (Wildman–Crippen MR) is 64.3 cm³/mol. The van der Waals surface area contributed by atoms with Crippen molar-refractivity contribution in [3.63, 3.8) is 0 Å². The second-order valence-corrected chi connectivity index (χ2v) is 4.99. The van der Waals surface area contributed by atoms with Crippen molar-refractivity contribution in [3.05, 3.63) is 0 Å². The van der Waals surface area contributed by atoms with Crippen molar-refractivity contribution in [2.75, 3.05) is 13.6 Å². The van der Waals surface area contributed by atoms with Crippen molar-refractivity contribution in [1.29, 1.82) is 0 Å². The fraction of sp³-hybridized carbons (Fsp3) is 0.917. The first-order valence-electron chi connectivity index (χ1n) is 6.20. The second-order valence-electron chi connectivity index (χ2n) is 4.99. The Bertz CT molecular complexity index is 227. The summed E-state index contributed by atoms with van der Waals surface area (Å²) in [6.45, 7) is 4.41. The van der Waals surface area contributed by atoms with Crippen molar-refractivity contribution in [3.8, 4) is 0 Å². The summed E-state index contributed by atoms with van der Waals surface area (Å²) < 4.78 is 0. The quantitative estimate of drug-likeness (QED) is 0.750. The van der Waals surface area contributed by atoms with Gasteiger partial charge in [-0.25, -0.2) is 4.79 Å². The molecule has 0 aromatic rings. The maximum Gasteiger partial charge on any atom is 0.317 e. The van der Waals surface area contributed by atoms with Crippen molar-refractivity contribution in [1.82, 2.24) is 10.2 Å². The lowest BCUT2D eigenvalue weighted by Crippen LogP contribution is -2.46. The summed E-state index contributed by atoms with van der Waals surface area (Å²) in [6.07, 6.45) is 4.04. The minimum Gasteiger partial charge on any atom is -0.393 e. The topological polar surface area (TPSA) is 52.6 Å². The standard InChI is InChI=1S/C12H24N2O2/c1-9(15)7-8-14(3)12(16)13-10(2)11-5-4-6-11/h9-11,15H,4-8H2,1-3H3,(H,13,16). The molecule has 1 aliphatic rings. The van der Waals surface area contributed by atoms with E-state index in [1.54, 1.807) is 18.9 Å². The molecule has 0 spiro atoms. The number of hydrogen-bond donors (Lipinski definition) is 2. The lowest BCUT2D eigenvalue weighted by Gasteiger charge is -2.33. The van der Waals surface area contributed by atoms with Crippen molar-refractivity contribution in [2.45, 2.75) is 51.7 Å². The molecule has 1 fully saturated rings. The van der Waals surface area contributed by atoms with E-state index in [0.717, 1.165) is 0 Å². The highest BCUT2D eigenvalue weighted by Crippen LogP contribution is 2.29. The van der Waals surface area contributed by atoms with Gasteiger partial charge in [0.25, 0.3) is 0 Å². The van der Waals surface area contributed by atoms with Crippen LogP contribution in [0.25, 0.3) is 0 Å². The number of aliphatic hydroxyl groups excluding tert-OH is 1. The average molecular weight is 228 g/mol. The number of carbonyl (C=O) groups is 1. The molecule has 2 amide bonds. The third-order valence-corrected chi connectivity index (χ3v) is 3.44. The molecular weight excluding hydrogens is 204 g/mol. The van der Waals surface area contributed by atoms with Gasteiger partial charge in [-0.2, -0.15) is 0 Å². The predicted octanol–water partition coefficient (Wildman–Crippen LogP) is 1.59. The van der Waals surface area contributed by atoms with Crippen LogP contribution in [0.3, 0.4) is 0 Å². The Labute approximate surface area is 98.0 Å². The highest BCUT2D eigenvalue weighted by atomic mass is 16.3. The van der Waals surface area contributed by atoms with Crippen LogP contribution in [-0.4, -0.2) is 41.8 Å². The average Bonchev–Trinajstić information content (AvgIpc) is 2.10. The number of hydrogen-bond acceptors (Lipinski definition) is 2. The number of amides is 2. The molecule has 2 unspecified atom stereocenters. The smallest absolute Gasteiger partial charge is 0.317 e. The van der Waals surface area contributed by atoms with Crippen LogP contribution in [0.5, 0.6) is 0 Å². The van der Waals surface area contributed by atoms with Gasteiger partial charge in [0.05, 0.1) is 6.10 Å². The maximum absolute atomic E-state index is 11.7. The zero-order valence-corrected chi connectivity index (χ0v) is 10.6. The van der Waals surface area contributed by atoms with E-state index < -0.39 is 0 Å². The van der Waals surface area contributed by atoms with Gasteiger partial charge >= 0.3 is 6.03 Å². The molecule has 0 heterocycles. The van der Waals surface area contributed by atoms with E-state index in [-0.39, 0.29) is 18.2 Å². The first-order chi connectivity index (χ1) is 7.50. The fourth-order valence-electron chi connectivity index (χ4n) is 1.84. The summed E-state index contributed by atoms with van der Waals surface area (Å²) in [4.78, 5) is 13.4. The molecule has 0 aliphatic heterocycles. The molecule has 0 saturated heterocycles. The summed E-state index contributed by atoms with van der Waals surface area (Å²) in [7, 11) is 1.77. The number of urea groups is 1. The summed E-state index contributed by atoms with van der Waals surface area (Å²) in [6, 6.07) is 0.246. The van der Waals surface area contributed by atoms with Gasteiger partial charge in [-0.1, -0.05) is 6.42 Å². The summed E-state index contributed by atoms with van der Waals surface area (Å²) in [5.41, 5.74) is 0. The minimum atomic E-state index is -0.348. The molecule has 4 heteroatoms. The van der Waals surface area contributed by atoms with E-state index in [1.165, 1.54) is 19.3 Å². The molecule has 1 saturated carbocycles. The van der Waals surface area contributed by atoms with Crippen LogP contribution in [0.2, 0.25) is 0 Å². The fourth-order valence-corrected chi connectivity index (χ4v) is 1.84. The van der Waals surface area contributed by atoms with E-state index >= 15 is 0 Å². The number of aliphatic hydroxyl groups is 1. The van der Waals surface area contributed by atoms with Gasteiger partial charge in [-0.3, -0.25) is 0 Å². The van der Waals surface area contributed by atoms with Crippen molar-refractivity contribution in [2.24, 2.45) is 5.92 Å². The molecule has 2 N–H and O–H groups in total. The molecule has 0 aromatic carbocycles. The molecule has 2 atom stereocenters. The zero-order valence-electron chi connectivity index (χ0n) is 10.6. The summed E-state index contributed by atoms with van der Waals surface area (Å²) >= 11 is 0. The third kappa shape index (κ3) is 4.00. The first kappa shape index (κ1) is 13.3. The van der Waals surface area contributed by atoms with Gasteiger partial charge in [-0.05, 0) is 39.0 Å². The molecule has 0 radical (unpaired) electrons. The second kappa shape index (κ2) is 6.09. The van der Waals surface area contributed by atoms with Crippen molar-refractivity contribution >= 4 is 6.03 Å². The van der Waals surface area contributed by atoms with E-state index in [4.69, 9.17) is 5.11 Å². The highest BCUT2D eigenvalue weighted by Gasteiger charge is 2.25. The van der Waals surface area contributed by atoms with Crippen LogP contribution in [0.15, 0.2) is 0 Å². The van der Waals surface area contributed by atoms with Gasteiger partial charge < -0.3 is 15.3 Å². The molecule has 16 heavy (non-hydrogen) atoms. The summed E-state index contributed by atoms with van der Waals surface area (Å²) in [5.74, 6) is 0.661. The molecule has 1 aliphatic carbocycles. The number of nitrogens with one attached hydrogen (secondary N) is 1. The Hall–Kier alpha value is -0.770. The largest absolute Gasteiger partial charge is 0.393 e. The highest BCUT2D eigenvalue weighted by molar-refractivity contribution is 5.74. The van der Waals surface area contributed by atoms with Gasteiger partial charge in [0.15, 0.2) is 0 Å². The summed E-state index contributed by atoms with van der Waals surface area (Å²) in [5, 5.41) is 12.2. The van der Waals surface area contributed by atoms with E-state index in [2.05, 4.69) is 12.2 Å². The maximum atomic E-state index is 11.7. The molecule has 0 bridgehead atoms. The van der Waals surface area contributed by atoms with Crippen LogP contribution >= 0.6 is 0 Å². The normalized spacial score (nSPS) is 19.8. The van der Waals surface area contributed by atoms with Crippen LogP contribution in [0.1, 0.15) is 39.5 Å². The number of rotatable bonds is 5. The molecule has 4 nitrogen and oxygen atoms in total. The van der Waals surface area contributed by atoms with Crippen LogP contribution < -0.4 is 5.32 Å². The van der Waals surface area contributed by atoms with E-state index in [0.29, 0.717) is 18.9 Å². The Morgan fingerprint density at radius 3 is 2.56 bits per heavy atom. The van der Waals surface area contributed by atoms with Crippen LogP contribution in [0, 0.1) is 5.92 Å². The molecule has 1 rings (SSSR count). The Morgan fingerprint density at radius 1 is 1.50 bits per heavy atom. The van der Waals surface area contributed by atoms with Crippen molar-refractivity contribution < 1.29 is 9.90 Å². The van der Waals surface area contributed by atoms with E-state index in [9.17, 15) is 4.79 Å². The van der Waals surface area contributed by atoms with E-state index in [1.807, 2.05) is 0 Å². The first-order valence-corrected chi connectivity index (χ1v) is 6.20. The Balaban J connectivity index is 2.21. The molecule has 0 aromatic heterocycles. The minimum absolute atomic E-state index is 0.0277. The Kier molecular flexibility index (Phi) is 5.06. The Morgan fingerprint density at radius 2 is 2.12 bits per heavy atom. The van der Waals surface area contributed by atoms with Crippen LogP contribution in [0.4, 0.5) is 4.79 Å².